The largest absolute Gasteiger partial charge is 0.331 e. The average Bonchev–Trinajstić information content (AvgIpc) is 3.39. The molecule has 2 N–H and O–H groups in total. The molecule has 0 radical (unpaired) electrons. The van der Waals surface area contributed by atoms with Gasteiger partial charge in [-0.15, -0.1) is 11.3 Å². The zero-order chi connectivity index (χ0) is 31.4. The molecule has 12 heteroatoms. The van der Waals surface area contributed by atoms with Gasteiger partial charge in [0, 0.05) is 49.7 Å². The molecule has 2 aliphatic carbocycles. The van der Waals surface area contributed by atoms with E-state index in [4.69, 9.17) is 0 Å². The summed E-state index contributed by atoms with van der Waals surface area (Å²) >= 11 is 1.35. The van der Waals surface area contributed by atoms with E-state index in [0.717, 1.165) is 87.7 Å². The van der Waals surface area contributed by atoms with Crippen LogP contribution in [0.2, 0.25) is 0 Å². The number of carbonyl (C=O) groups is 3. The normalized spacial score (nSPS) is 18.5. The highest BCUT2D eigenvalue weighted by Gasteiger charge is 2.38. The van der Waals surface area contributed by atoms with Gasteiger partial charge in [0.2, 0.25) is 10.0 Å². The van der Waals surface area contributed by atoms with Crippen LogP contribution in [0.5, 0.6) is 0 Å². The molecule has 0 saturated heterocycles. The van der Waals surface area contributed by atoms with Crippen molar-refractivity contribution in [1.29, 1.82) is 0 Å². The van der Waals surface area contributed by atoms with Crippen LogP contribution in [0.25, 0.3) is 0 Å². The molecule has 240 valence electrons. The molecule has 2 saturated carbocycles. The summed E-state index contributed by atoms with van der Waals surface area (Å²) in [6.45, 7) is 4.40. The predicted molar refractivity (Wildman–Crippen MR) is 173 cm³/mol. The van der Waals surface area contributed by atoms with E-state index in [1.54, 1.807) is 26.2 Å². The molecule has 1 aliphatic heterocycles. The zero-order valence-electron chi connectivity index (χ0n) is 26.1. The third-order valence-electron chi connectivity index (χ3n) is 9.22. The van der Waals surface area contributed by atoms with Crippen LogP contribution >= 0.6 is 11.3 Å². The van der Waals surface area contributed by atoms with E-state index < -0.39 is 27.9 Å². The number of fused-ring (bicyclic) bond motifs is 1. The third-order valence-corrected chi connectivity index (χ3v) is 12.4. The van der Waals surface area contributed by atoms with E-state index in [1.807, 2.05) is 4.31 Å². The minimum Gasteiger partial charge on any atom is -0.331 e. The lowest BCUT2D eigenvalue weighted by atomic mass is 9.91. The van der Waals surface area contributed by atoms with Crippen LogP contribution in [0.15, 0.2) is 29.2 Å². The molecule has 0 bridgehead atoms. The number of urea groups is 1. The standard InChI is InChI=1S/C32H45N5O5S2/c1-4-36-20-19-26-27(21-36)43-31(28(26)30(39)34-32(40)35(2)3)33-29(38)22-15-17-25(18-16-22)44(41,42)37(23-11-7-5-8-12-23)24-13-9-6-10-14-24/h15-18,23-24H,4-14,19-21H2,1-3H3,(H,33,38)(H,34,39,40). The van der Waals surface area contributed by atoms with Crippen LogP contribution in [0.3, 0.4) is 0 Å². The first kappa shape index (κ1) is 32.6. The number of thiophene rings is 1. The Hall–Kier alpha value is -2.80. The van der Waals surface area contributed by atoms with Gasteiger partial charge in [0.05, 0.1) is 10.5 Å². The number of hydrogen-bond acceptors (Lipinski definition) is 7. The summed E-state index contributed by atoms with van der Waals surface area (Å²) in [5.74, 6) is -0.988. The summed E-state index contributed by atoms with van der Waals surface area (Å²) in [6, 6.07) is 5.67. The molecule has 44 heavy (non-hydrogen) atoms. The fraction of sp³-hybridized carbons (Fsp3) is 0.594. The molecule has 0 spiro atoms. The van der Waals surface area contributed by atoms with Gasteiger partial charge >= 0.3 is 6.03 Å². The first-order valence-corrected chi connectivity index (χ1v) is 18.2. The van der Waals surface area contributed by atoms with Gasteiger partial charge < -0.3 is 10.2 Å². The maximum atomic E-state index is 14.1. The lowest BCUT2D eigenvalue weighted by Crippen LogP contribution is -2.48. The maximum absolute atomic E-state index is 14.1. The Bertz CT molecular complexity index is 1440. The molecule has 0 atom stereocenters. The van der Waals surface area contributed by atoms with Crippen LogP contribution in [-0.4, -0.2) is 79.6 Å². The van der Waals surface area contributed by atoms with Crippen molar-refractivity contribution in [3.8, 4) is 0 Å². The van der Waals surface area contributed by atoms with E-state index in [9.17, 15) is 22.8 Å². The summed E-state index contributed by atoms with van der Waals surface area (Å²) in [4.78, 5) is 43.8. The highest BCUT2D eigenvalue weighted by molar-refractivity contribution is 7.89. The quantitative estimate of drug-likeness (QED) is 0.395. The molecule has 2 fully saturated rings. The monoisotopic (exact) mass is 643 g/mol. The number of nitrogens with zero attached hydrogens (tertiary/aromatic N) is 3. The Kier molecular flexibility index (Phi) is 10.4. The number of benzene rings is 1. The van der Waals surface area contributed by atoms with Crippen molar-refractivity contribution in [3.05, 3.63) is 45.8 Å². The van der Waals surface area contributed by atoms with E-state index >= 15 is 0 Å². The Labute approximate surface area is 265 Å². The molecule has 4 amide bonds. The second-order valence-electron chi connectivity index (χ2n) is 12.4. The van der Waals surface area contributed by atoms with Gasteiger partial charge in [-0.25, -0.2) is 13.2 Å². The van der Waals surface area contributed by atoms with Gasteiger partial charge in [0.15, 0.2) is 0 Å². The number of carbonyl (C=O) groups excluding carboxylic acids is 3. The molecular formula is C32H45N5O5S2. The van der Waals surface area contributed by atoms with E-state index in [-0.39, 0.29) is 17.0 Å². The summed E-state index contributed by atoms with van der Waals surface area (Å²) in [7, 11) is -0.625. The molecule has 2 aromatic rings. The van der Waals surface area contributed by atoms with Crippen molar-refractivity contribution in [2.24, 2.45) is 0 Å². The topological polar surface area (TPSA) is 119 Å². The van der Waals surface area contributed by atoms with Gasteiger partial charge in [-0.05, 0) is 68.5 Å². The molecule has 1 aromatic carbocycles. The molecular weight excluding hydrogens is 599 g/mol. The SMILES string of the molecule is CCN1CCc2c(sc(NC(=O)c3ccc(S(=O)(=O)N(C4CCCCC4)C4CCCCC4)cc3)c2C(=O)NC(=O)N(C)C)C1. The summed E-state index contributed by atoms with van der Waals surface area (Å²) < 4.78 is 30.0. The highest BCUT2D eigenvalue weighted by atomic mass is 32.2. The number of nitrogens with one attached hydrogen (secondary N) is 2. The number of sulfonamides is 1. The molecule has 1 aromatic heterocycles. The summed E-state index contributed by atoms with van der Waals surface area (Å²) in [6.07, 6.45) is 10.7. The van der Waals surface area contributed by atoms with Crippen LogP contribution in [0, 0.1) is 0 Å². The maximum Gasteiger partial charge on any atom is 0.323 e. The van der Waals surface area contributed by atoms with Crippen LogP contribution < -0.4 is 10.6 Å². The second-order valence-corrected chi connectivity index (χ2v) is 15.3. The fourth-order valence-corrected chi connectivity index (χ4v) is 9.98. The fourth-order valence-electron chi connectivity index (χ4n) is 6.76. The number of amides is 4. The summed E-state index contributed by atoms with van der Waals surface area (Å²) in [5.41, 5.74) is 1.47. The van der Waals surface area contributed by atoms with Gasteiger partial charge in [0.1, 0.15) is 5.00 Å². The smallest absolute Gasteiger partial charge is 0.323 e. The second kappa shape index (κ2) is 14.1. The highest BCUT2D eigenvalue weighted by Crippen LogP contribution is 2.38. The van der Waals surface area contributed by atoms with E-state index in [1.165, 1.54) is 28.4 Å². The number of likely N-dealkylation sites (N-methyl/N-ethyl adjacent to an activating group) is 1. The summed E-state index contributed by atoms with van der Waals surface area (Å²) in [5, 5.41) is 5.71. The first-order valence-electron chi connectivity index (χ1n) is 15.9. The average molecular weight is 644 g/mol. The van der Waals surface area contributed by atoms with Gasteiger partial charge in [-0.3, -0.25) is 19.8 Å². The minimum atomic E-state index is -3.74. The van der Waals surface area contributed by atoms with Crippen LogP contribution in [0.1, 0.15) is 102 Å². The molecule has 0 unspecified atom stereocenters. The van der Waals surface area contributed by atoms with Crippen molar-refractivity contribution in [3.63, 3.8) is 0 Å². The third kappa shape index (κ3) is 7.03. The Morgan fingerprint density at radius 1 is 0.909 bits per heavy atom. The number of imide groups is 1. The minimum absolute atomic E-state index is 0.0252. The van der Waals surface area contributed by atoms with Crippen molar-refractivity contribution < 1.29 is 22.8 Å². The van der Waals surface area contributed by atoms with Crippen molar-refractivity contribution in [2.45, 2.75) is 101 Å². The van der Waals surface area contributed by atoms with E-state index in [2.05, 4.69) is 22.5 Å². The van der Waals surface area contributed by atoms with Crippen molar-refractivity contribution >= 4 is 44.2 Å². The lowest BCUT2D eigenvalue weighted by molar-refractivity contribution is 0.0956. The van der Waals surface area contributed by atoms with Gasteiger partial charge in [-0.2, -0.15) is 4.31 Å². The molecule has 2 heterocycles. The molecule has 5 rings (SSSR count). The van der Waals surface area contributed by atoms with Gasteiger partial charge in [0.25, 0.3) is 11.8 Å². The molecule has 3 aliphatic rings. The number of rotatable bonds is 8. The van der Waals surface area contributed by atoms with Crippen molar-refractivity contribution in [2.75, 3.05) is 32.5 Å². The van der Waals surface area contributed by atoms with E-state index in [0.29, 0.717) is 29.1 Å². The van der Waals surface area contributed by atoms with Gasteiger partial charge in [-0.1, -0.05) is 45.4 Å². The van der Waals surface area contributed by atoms with Crippen molar-refractivity contribution in [1.82, 2.24) is 19.4 Å². The Morgan fingerprint density at radius 3 is 2.05 bits per heavy atom. The predicted octanol–water partition coefficient (Wildman–Crippen LogP) is 5.45. The zero-order valence-corrected chi connectivity index (χ0v) is 27.7. The number of hydrogen-bond donors (Lipinski definition) is 2. The molecule has 10 nitrogen and oxygen atoms in total. The lowest BCUT2D eigenvalue weighted by Gasteiger charge is -2.40. The van der Waals surface area contributed by atoms with Crippen LogP contribution in [-0.2, 0) is 23.0 Å². The Balaban J connectivity index is 1.38. The number of anilines is 1. The van der Waals surface area contributed by atoms with Crippen LogP contribution in [0.4, 0.5) is 9.80 Å². The Morgan fingerprint density at radius 2 is 1.50 bits per heavy atom. The first-order chi connectivity index (χ1) is 21.1.